The zero-order chi connectivity index (χ0) is 17.1. The van der Waals surface area contributed by atoms with Gasteiger partial charge in [-0.3, -0.25) is 4.79 Å². The van der Waals surface area contributed by atoms with Gasteiger partial charge in [0.05, 0.1) is 6.54 Å². The average molecular weight is 328 g/mol. The van der Waals surface area contributed by atoms with Crippen LogP contribution in [0.2, 0.25) is 0 Å². The van der Waals surface area contributed by atoms with Crippen molar-refractivity contribution in [3.63, 3.8) is 0 Å². The molecule has 1 heterocycles. The minimum atomic E-state index is -0.935. The van der Waals surface area contributed by atoms with E-state index in [0.717, 1.165) is 29.6 Å². The number of nitrogens with one attached hydrogen (secondary N) is 1. The van der Waals surface area contributed by atoms with Crippen LogP contribution in [0, 0.1) is 18.6 Å². The molecule has 122 valence electrons. The van der Waals surface area contributed by atoms with Crippen LogP contribution < -0.4 is 10.9 Å². The van der Waals surface area contributed by atoms with E-state index in [1.165, 1.54) is 10.7 Å². The monoisotopic (exact) mass is 328 g/mol. The van der Waals surface area contributed by atoms with Crippen molar-refractivity contribution in [2.24, 2.45) is 0 Å². The zero-order valence-electron chi connectivity index (χ0n) is 12.8. The van der Waals surface area contributed by atoms with Gasteiger partial charge in [-0.25, -0.2) is 13.5 Å². The van der Waals surface area contributed by atoms with Crippen LogP contribution in [0.15, 0.2) is 53.5 Å². The largest absolute Gasteiger partial charge is 0.324 e. The summed E-state index contributed by atoms with van der Waals surface area (Å²) in [6, 6.07) is 11.1. The molecule has 2 aromatic carbocycles. The van der Waals surface area contributed by atoms with Crippen LogP contribution in [0.25, 0.3) is 0 Å². The van der Waals surface area contributed by atoms with Crippen molar-refractivity contribution in [3.05, 3.63) is 81.8 Å². The fraction of sp³-hybridized carbons (Fsp3) is 0.118. The number of benzene rings is 2. The highest BCUT2D eigenvalue weighted by Gasteiger charge is 2.09. The Morgan fingerprint density at radius 1 is 1.12 bits per heavy atom. The highest BCUT2D eigenvalue weighted by atomic mass is 19.2. The van der Waals surface area contributed by atoms with E-state index in [1.54, 1.807) is 0 Å². The molecule has 0 fully saturated rings. The van der Waals surface area contributed by atoms with Crippen LogP contribution in [-0.2, 0) is 6.54 Å². The third-order valence-electron chi connectivity index (χ3n) is 3.48. The molecule has 3 rings (SSSR count). The lowest BCUT2D eigenvalue weighted by atomic mass is 10.2. The second kappa shape index (κ2) is 6.57. The summed E-state index contributed by atoms with van der Waals surface area (Å²) < 4.78 is 27.8. The molecular weight excluding hydrogens is 314 g/mol. The molecule has 0 amide bonds. The van der Waals surface area contributed by atoms with Crippen molar-refractivity contribution in [2.45, 2.75) is 13.5 Å². The van der Waals surface area contributed by atoms with Gasteiger partial charge in [-0.15, -0.1) is 0 Å². The lowest BCUT2D eigenvalue weighted by Gasteiger charge is -2.13. The minimum Gasteiger partial charge on any atom is -0.324 e. The first kappa shape index (κ1) is 15.8. The molecule has 24 heavy (non-hydrogen) atoms. The van der Waals surface area contributed by atoms with Crippen LogP contribution in [0.5, 0.6) is 0 Å². The molecule has 7 heteroatoms. The lowest BCUT2D eigenvalue weighted by molar-refractivity contribution is 0.505. The van der Waals surface area contributed by atoms with E-state index in [9.17, 15) is 13.6 Å². The number of nitrogens with zero attached hydrogens (tertiary/aromatic N) is 3. The Morgan fingerprint density at radius 2 is 1.92 bits per heavy atom. The molecule has 0 saturated heterocycles. The van der Waals surface area contributed by atoms with Gasteiger partial charge >= 0.3 is 0 Å². The van der Waals surface area contributed by atoms with Crippen LogP contribution in [0.3, 0.4) is 0 Å². The second-order valence-electron chi connectivity index (χ2n) is 5.26. The smallest absolute Gasteiger partial charge is 0.293 e. The highest BCUT2D eigenvalue weighted by molar-refractivity contribution is 5.57. The summed E-state index contributed by atoms with van der Waals surface area (Å²) >= 11 is 0. The second-order valence-corrected chi connectivity index (χ2v) is 5.26. The van der Waals surface area contributed by atoms with Gasteiger partial charge in [-0.2, -0.15) is 10.1 Å². The standard InChI is InChI=1S/C17H14F2N4O/c1-11-4-2-3-5-15(11)21-17-22-16(24)9-20-23(17)10-12-6-7-13(18)14(19)8-12/h2-9H,10H2,1H3,(H,21,22,24). The predicted octanol–water partition coefficient (Wildman–Crippen LogP) is 3.02. The molecule has 0 saturated carbocycles. The van der Waals surface area contributed by atoms with Gasteiger partial charge in [0.1, 0.15) is 6.20 Å². The van der Waals surface area contributed by atoms with Crippen LogP contribution in [0.1, 0.15) is 11.1 Å². The number of para-hydroxylation sites is 1. The Morgan fingerprint density at radius 3 is 2.67 bits per heavy atom. The fourth-order valence-corrected chi connectivity index (χ4v) is 2.22. The van der Waals surface area contributed by atoms with E-state index in [0.29, 0.717) is 5.56 Å². The molecule has 1 aromatic heterocycles. The maximum Gasteiger partial charge on any atom is 0.293 e. The van der Waals surface area contributed by atoms with Crippen molar-refractivity contribution in [1.82, 2.24) is 14.8 Å². The quantitative estimate of drug-likeness (QED) is 0.800. The Labute approximate surface area is 136 Å². The SMILES string of the molecule is Cc1ccccc1Nc1nc(=O)cnn1Cc1ccc(F)c(F)c1. The Balaban J connectivity index is 1.95. The van der Waals surface area contributed by atoms with E-state index >= 15 is 0 Å². The normalized spacial score (nSPS) is 10.6. The lowest BCUT2D eigenvalue weighted by Crippen LogP contribution is -2.19. The van der Waals surface area contributed by atoms with E-state index in [1.807, 2.05) is 31.2 Å². The molecule has 0 aliphatic carbocycles. The van der Waals surface area contributed by atoms with Crippen molar-refractivity contribution in [1.29, 1.82) is 0 Å². The van der Waals surface area contributed by atoms with Gasteiger partial charge in [0.2, 0.25) is 5.95 Å². The van der Waals surface area contributed by atoms with E-state index in [4.69, 9.17) is 0 Å². The first-order chi connectivity index (χ1) is 11.5. The highest BCUT2D eigenvalue weighted by Crippen LogP contribution is 2.18. The third-order valence-corrected chi connectivity index (χ3v) is 3.48. The summed E-state index contributed by atoms with van der Waals surface area (Å²) in [5.74, 6) is -1.63. The first-order valence-corrected chi connectivity index (χ1v) is 7.23. The molecule has 0 unspecified atom stereocenters. The molecule has 0 aliphatic rings. The van der Waals surface area contributed by atoms with E-state index in [2.05, 4.69) is 15.4 Å². The predicted molar refractivity (Wildman–Crippen MR) is 86.2 cm³/mol. The molecule has 0 bridgehead atoms. The maximum atomic E-state index is 13.4. The van der Waals surface area contributed by atoms with Crippen molar-refractivity contribution >= 4 is 11.6 Å². The van der Waals surface area contributed by atoms with E-state index < -0.39 is 17.2 Å². The number of hydrogen-bond acceptors (Lipinski definition) is 4. The van der Waals surface area contributed by atoms with Gasteiger partial charge in [0.25, 0.3) is 5.56 Å². The average Bonchev–Trinajstić information content (AvgIpc) is 2.55. The first-order valence-electron chi connectivity index (χ1n) is 7.23. The molecule has 0 aliphatic heterocycles. The number of rotatable bonds is 4. The molecule has 5 nitrogen and oxygen atoms in total. The van der Waals surface area contributed by atoms with E-state index in [-0.39, 0.29) is 12.5 Å². The maximum absolute atomic E-state index is 13.4. The van der Waals surface area contributed by atoms with Gasteiger partial charge in [0.15, 0.2) is 11.6 Å². The summed E-state index contributed by atoms with van der Waals surface area (Å²) in [7, 11) is 0. The number of hydrogen-bond donors (Lipinski definition) is 1. The van der Waals surface area contributed by atoms with Crippen LogP contribution >= 0.6 is 0 Å². The number of aryl methyl sites for hydroxylation is 1. The molecule has 3 aromatic rings. The van der Waals surface area contributed by atoms with Crippen molar-refractivity contribution in [2.75, 3.05) is 5.32 Å². The Bertz CT molecular complexity index is 940. The number of halogens is 2. The fourth-order valence-electron chi connectivity index (χ4n) is 2.22. The van der Waals surface area contributed by atoms with Crippen LogP contribution in [-0.4, -0.2) is 14.8 Å². The Kier molecular flexibility index (Phi) is 4.33. The summed E-state index contributed by atoms with van der Waals surface area (Å²) in [5.41, 5.74) is 1.75. The third kappa shape index (κ3) is 3.45. The topological polar surface area (TPSA) is 59.8 Å². The van der Waals surface area contributed by atoms with Crippen molar-refractivity contribution < 1.29 is 8.78 Å². The molecular formula is C17H14F2N4O. The minimum absolute atomic E-state index is 0.138. The summed E-state index contributed by atoms with van der Waals surface area (Å²) in [4.78, 5) is 15.4. The van der Waals surface area contributed by atoms with Gasteiger partial charge in [-0.05, 0) is 36.2 Å². The van der Waals surface area contributed by atoms with Gasteiger partial charge in [-0.1, -0.05) is 24.3 Å². The summed E-state index contributed by atoms with van der Waals surface area (Å²) in [5, 5.41) is 7.06. The van der Waals surface area contributed by atoms with Crippen LogP contribution in [0.4, 0.5) is 20.4 Å². The molecule has 1 N–H and O–H groups in total. The van der Waals surface area contributed by atoms with Crippen molar-refractivity contribution in [3.8, 4) is 0 Å². The molecule has 0 radical (unpaired) electrons. The number of aromatic nitrogens is 3. The molecule has 0 atom stereocenters. The van der Waals surface area contributed by atoms with Gasteiger partial charge < -0.3 is 5.32 Å². The summed E-state index contributed by atoms with van der Waals surface area (Å²) in [6.45, 7) is 2.05. The Hall–Kier alpha value is -3.09. The van der Waals surface area contributed by atoms with Gasteiger partial charge in [0, 0.05) is 5.69 Å². The molecule has 0 spiro atoms. The summed E-state index contributed by atoms with van der Waals surface area (Å²) in [6.07, 6.45) is 1.07. The zero-order valence-corrected chi connectivity index (χ0v) is 12.8. The number of anilines is 2.